The van der Waals surface area contributed by atoms with Crippen LogP contribution in [-0.4, -0.2) is 40.0 Å². The quantitative estimate of drug-likeness (QED) is 0.919. The summed E-state index contributed by atoms with van der Waals surface area (Å²) in [5, 5.41) is 9.12. The van der Waals surface area contributed by atoms with Crippen LogP contribution in [0.25, 0.3) is 10.2 Å². The summed E-state index contributed by atoms with van der Waals surface area (Å²) in [6, 6.07) is 5.41. The van der Waals surface area contributed by atoms with Crippen molar-refractivity contribution >= 4 is 33.4 Å². The van der Waals surface area contributed by atoms with Crippen molar-refractivity contribution in [3.05, 3.63) is 29.3 Å². The molecule has 2 unspecified atom stereocenters. The fourth-order valence-electron chi connectivity index (χ4n) is 2.62. The molecule has 5 nitrogen and oxygen atoms in total. The smallest absolute Gasteiger partial charge is 0.308 e. The van der Waals surface area contributed by atoms with Gasteiger partial charge in [-0.2, -0.15) is 0 Å². The van der Waals surface area contributed by atoms with Crippen LogP contribution >= 0.6 is 11.3 Å². The van der Waals surface area contributed by atoms with E-state index in [0.717, 1.165) is 10.2 Å². The molecule has 1 aliphatic heterocycles. The zero-order valence-corrected chi connectivity index (χ0v) is 11.8. The number of carboxylic acid groups (broad SMARTS) is 1. The molecule has 1 aromatic heterocycles. The van der Waals surface area contributed by atoms with Crippen LogP contribution < -0.4 is 0 Å². The van der Waals surface area contributed by atoms with E-state index in [9.17, 15) is 9.59 Å². The van der Waals surface area contributed by atoms with Gasteiger partial charge in [-0.05, 0) is 24.1 Å². The lowest BCUT2D eigenvalue weighted by molar-refractivity contribution is -0.142. The number of aliphatic carboxylic acids is 1. The van der Waals surface area contributed by atoms with E-state index >= 15 is 0 Å². The first-order chi connectivity index (χ1) is 9.56. The predicted molar refractivity (Wildman–Crippen MR) is 75.8 cm³/mol. The second-order valence-electron chi connectivity index (χ2n) is 5.17. The number of hydrogen-bond donors (Lipinski definition) is 1. The van der Waals surface area contributed by atoms with E-state index in [4.69, 9.17) is 5.11 Å². The Morgan fingerprint density at radius 1 is 1.40 bits per heavy atom. The molecule has 0 aliphatic carbocycles. The van der Waals surface area contributed by atoms with E-state index in [2.05, 4.69) is 4.98 Å². The van der Waals surface area contributed by atoms with Crippen molar-refractivity contribution in [2.45, 2.75) is 6.92 Å². The molecule has 1 N–H and O–H groups in total. The number of likely N-dealkylation sites (tertiary alicyclic amines) is 1. The van der Waals surface area contributed by atoms with Crippen molar-refractivity contribution in [3.63, 3.8) is 0 Å². The van der Waals surface area contributed by atoms with Gasteiger partial charge in [0.1, 0.15) is 0 Å². The Hall–Kier alpha value is -1.95. The fourth-order valence-corrected chi connectivity index (χ4v) is 3.34. The number of hydrogen-bond acceptors (Lipinski definition) is 4. The average molecular weight is 290 g/mol. The van der Waals surface area contributed by atoms with Crippen LogP contribution in [0.5, 0.6) is 0 Å². The van der Waals surface area contributed by atoms with Gasteiger partial charge in [-0.3, -0.25) is 9.59 Å². The normalized spacial score (nSPS) is 22.4. The second-order valence-corrected chi connectivity index (χ2v) is 6.05. The molecule has 1 amide bonds. The van der Waals surface area contributed by atoms with Crippen LogP contribution in [0.15, 0.2) is 23.7 Å². The molecule has 0 saturated carbocycles. The zero-order chi connectivity index (χ0) is 14.3. The number of benzene rings is 1. The molecule has 1 aromatic carbocycles. The number of aromatic nitrogens is 1. The Morgan fingerprint density at radius 2 is 2.20 bits per heavy atom. The number of rotatable bonds is 2. The lowest BCUT2D eigenvalue weighted by atomic mass is 9.99. The molecule has 0 bridgehead atoms. The average Bonchev–Trinajstić information content (AvgIpc) is 3.02. The van der Waals surface area contributed by atoms with Crippen molar-refractivity contribution in [2.75, 3.05) is 13.1 Å². The molecule has 104 valence electrons. The van der Waals surface area contributed by atoms with Gasteiger partial charge >= 0.3 is 5.97 Å². The Kier molecular flexibility index (Phi) is 3.17. The summed E-state index contributed by atoms with van der Waals surface area (Å²) in [7, 11) is 0. The standard InChI is InChI=1S/C14H14N2O3S/c1-8-5-16(6-10(8)14(18)19)13(17)9-2-3-11-12(4-9)20-7-15-11/h2-4,7-8,10H,5-6H2,1H3,(H,18,19). The van der Waals surface area contributed by atoms with Crippen molar-refractivity contribution in [1.82, 2.24) is 9.88 Å². The van der Waals surface area contributed by atoms with E-state index in [0.29, 0.717) is 12.1 Å². The van der Waals surface area contributed by atoms with Gasteiger partial charge in [0, 0.05) is 18.7 Å². The molecule has 1 saturated heterocycles. The number of carbonyl (C=O) groups excluding carboxylic acids is 1. The molecule has 1 aliphatic rings. The van der Waals surface area contributed by atoms with Crippen LogP contribution in [0.3, 0.4) is 0 Å². The first kappa shape index (κ1) is 13.1. The maximum absolute atomic E-state index is 12.4. The highest BCUT2D eigenvalue weighted by atomic mass is 32.1. The summed E-state index contributed by atoms with van der Waals surface area (Å²) >= 11 is 1.49. The van der Waals surface area contributed by atoms with Crippen molar-refractivity contribution in [3.8, 4) is 0 Å². The molecule has 2 atom stereocenters. The van der Waals surface area contributed by atoms with Gasteiger partial charge in [0.2, 0.25) is 0 Å². The molecule has 6 heteroatoms. The third-order valence-corrected chi connectivity index (χ3v) is 4.59. The summed E-state index contributed by atoms with van der Waals surface area (Å²) < 4.78 is 0.970. The van der Waals surface area contributed by atoms with Gasteiger partial charge in [-0.15, -0.1) is 11.3 Å². The van der Waals surface area contributed by atoms with Gasteiger partial charge < -0.3 is 10.0 Å². The fraction of sp³-hybridized carbons (Fsp3) is 0.357. The number of thiazole rings is 1. The molecule has 0 radical (unpaired) electrons. The highest BCUT2D eigenvalue weighted by molar-refractivity contribution is 7.16. The number of fused-ring (bicyclic) bond motifs is 1. The van der Waals surface area contributed by atoms with Crippen LogP contribution in [0.2, 0.25) is 0 Å². The molecule has 20 heavy (non-hydrogen) atoms. The van der Waals surface area contributed by atoms with Gasteiger partial charge in [0.15, 0.2) is 0 Å². The minimum absolute atomic E-state index is 0.0106. The minimum atomic E-state index is -0.828. The molecule has 3 rings (SSSR count). The van der Waals surface area contributed by atoms with Gasteiger partial charge in [0.05, 0.1) is 21.6 Å². The first-order valence-electron chi connectivity index (χ1n) is 6.41. The lowest BCUT2D eigenvalue weighted by Crippen LogP contribution is -2.29. The molecule has 0 spiro atoms. The summed E-state index contributed by atoms with van der Waals surface area (Å²) in [6.45, 7) is 2.66. The predicted octanol–water partition coefficient (Wildman–Crippen LogP) is 2.09. The van der Waals surface area contributed by atoms with E-state index in [1.807, 2.05) is 19.1 Å². The number of carbonyl (C=O) groups is 2. The second kappa shape index (κ2) is 4.86. The minimum Gasteiger partial charge on any atom is -0.481 e. The number of nitrogens with zero attached hydrogens (tertiary/aromatic N) is 2. The number of amides is 1. The monoisotopic (exact) mass is 290 g/mol. The Bertz CT molecular complexity index is 682. The van der Waals surface area contributed by atoms with Gasteiger partial charge in [0.25, 0.3) is 5.91 Å². The van der Waals surface area contributed by atoms with Crippen molar-refractivity contribution < 1.29 is 14.7 Å². The molecular weight excluding hydrogens is 276 g/mol. The zero-order valence-electron chi connectivity index (χ0n) is 10.9. The van der Waals surface area contributed by atoms with E-state index in [-0.39, 0.29) is 18.4 Å². The van der Waals surface area contributed by atoms with Gasteiger partial charge in [-0.1, -0.05) is 6.92 Å². The Balaban J connectivity index is 1.84. The van der Waals surface area contributed by atoms with Crippen LogP contribution in [0.1, 0.15) is 17.3 Å². The summed E-state index contributed by atoms with van der Waals surface area (Å²) in [5.74, 6) is -1.41. The first-order valence-corrected chi connectivity index (χ1v) is 7.29. The lowest BCUT2D eigenvalue weighted by Gasteiger charge is -2.15. The van der Waals surface area contributed by atoms with Gasteiger partial charge in [-0.25, -0.2) is 4.98 Å². The Morgan fingerprint density at radius 3 is 2.90 bits per heavy atom. The number of carboxylic acids is 1. The van der Waals surface area contributed by atoms with Crippen LogP contribution in [0, 0.1) is 11.8 Å². The maximum atomic E-state index is 12.4. The Labute approximate surface area is 119 Å². The molecular formula is C14H14N2O3S. The summed E-state index contributed by atoms with van der Waals surface area (Å²) in [6.07, 6.45) is 0. The topological polar surface area (TPSA) is 70.5 Å². The van der Waals surface area contributed by atoms with Crippen LogP contribution in [-0.2, 0) is 4.79 Å². The SMILES string of the molecule is CC1CN(C(=O)c2ccc3ncsc3c2)CC1C(=O)O. The summed E-state index contributed by atoms with van der Waals surface area (Å²) in [4.78, 5) is 29.4. The maximum Gasteiger partial charge on any atom is 0.308 e. The van der Waals surface area contributed by atoms with E-state index in [1.54, 1.807) is 16.5 Å². The molecule has 2 aromatic rings. The summed E-state index contributed by atoms with van der Waals surface area (Å²) in [5.41, 5.74) is 3.22. The third-order valence-electron chi connectivity index (χ3n) is 3.79. The largest absolute Gasteiger partial charge is 0.481 e. The molecule has 1 fully saturated rings. The highest BCUT2D eigenvalue weighted by Crippen LogP contribution is 2.26. The van der Waals surface area contributed by atoms with Crippen molar-refractivity contribution in [2.24, 2.45) is 11.8 Å². The van der Waals surface area contributed by atoms with Crippen LogP contribution in [0.4, 0.5) is 0 Å². The van der Waals surface area contributed by atoms with E-state index < -0.39 is 11.9 Å². The molecule has 2 heterocycles. The third kappa shape index (κ3) is 2.16. The van der Waals surface area contributed by atoms with Crippen molar-refractivity contribution in [1.29, 1.82) is 0 Å². The van der Waals surface area contributed by atoms with E-state index in [1.165, 1.54) is 11.3 Å². The highest BCUT2D eigenvalue weighted by Gasteiger charge is 2.37.